The summed E-state index contributed by atoms with van der Waals surface area (Å²) in [5, 5.41) is 0. The summed E-state index contributed by atoms with van der Waals surface area (Å²) in [5.74, 6) is 0.539. The second kappa shape index (κ2) is 5.99. The average Bonchev–Trinajstić information content (AvgIpc) is 2.19. The molecule has 0 aromatic heterocycles. The molecule has 0 aromatic carbocycles. The molecular formula is C17H25N. The van der Waals surface area contributed by atoms with E-state index in [2.05, 4.69) is 70.0 Å². The molecule has 0 amide bonds. The highest BCUT2D eigenvalue weighted by Crippen LogP contribution is 2.29. The monoisotopic (exact) mass is 243 g/mol. The predicted molar refractivity (Wildman–Crippen MR) is 82.1 cm³/mol. The van der Waals surface area contributed by atoms with E-state index in [1.807, 2.05) is 13.3 Å². The molecule has 1 heteroatoms. The van der Waals surface area contributed by atoms with Gasteiger partial charge in [0.05, 0.1) is 0 Å². The Morgan fingerprint density at radius 2 is 1.78 bits per heavy atom. The normalized spacial score (nSPS) is 24.9. The van der Waals surface area contributed by atoms with Crippen LogP contribution in [-0.4, -0.2) is 13.3 Å². The van der Waals surface area contributed by atoms with E-state index in [0.717, 1.165) is 5.57 Å². The Morgan fingerprint density at radius 1 is 1.11 bits per heavy atom. The van der Waals surface area contributed by atoms with Crippen molar-refractivity contribution in [2.75, 3.05) is 7.05 Å². The van der Waals surface area contributed by atoms with Gasteiger partial charge in [0.2, 0.25) is 0 Å². The highest BCUT2D eigenvalue weighted by molar-refractivity contribution is 5.83. The van der Waals surface area contributed by atoms with Crippen molar-refractivity contribution in [1.82, 2.24) is 0 Å². The van der Waals surface area contributed by atoms with Crippen LogP contribution in [0.15, 0.2) is 52.1 Å². The lowest BCUT2D eigenvalue weighted by molar-refractivity contribution is 0.517. The summed E-state index contributed by atoms with van der Waals surface area (Å²) in [7, 11) is 1.81. The van der Waals surface area contributed by atoms with E-state index in [0.29, 0.717) is 5.92 Å². The van der Waals surface area contributed by atoms with Gasteiger partial charge in [-0.3, -0.25) is 4.99 Å². The molecule has 0 fully saturated rings. The molecule has 0 aromatic rings. The molecule has 0 aliphatic heterocycles. The van der Waals surface area contributed by atoms with Crippen LogP contribution in [-0.2, 0) is 0 Å². The number of rotatable bonds is 2. The van der Waals surface area contributed by atoms with E-state index < -0.39 is 0 Å². The fourth-order valence-electron chi connectivity index (χ4n) is 1.79. The smallest absolute Gasteiger partial charge is 0.0281 e. The molecule has 1 rings (SSSR count). The van der Waals surface area contributed by atoms with Crippen molar-refractivity contribution >= 4 is 6.21 Å². The molecule has 0 atom stereocenters. The van der Waals surface area contributed by atoms with Gasteiger partial charge in [0.25, 0.3) is 0 Å². The third-order valence-electron chi connectivity index (χ3n) is 3.06. The first kappa shape index (κ1) is 14.7. The number of aliphatic imine (C=N–C) groups is 1. The summed E-state index contributed by atoms with van der Waals surface area (Å²) >= 11 is 0. The zero-order valence-corrected chi connectivity index (χ0v) is 12.5. The van der Waals surface area contributed by atoms with Crippen molar-refractivity contribution in [3.63, 3.8) is 0 Å². The highest BCUT2D eigenvalue weighted by Gasteiger charge is 2.15. The molecule has 0 saturated carbocycles. The number of allylic oxidation sites excluding steroid dienone is 8. The van der Waals surface area contributed by atoms with Gasteiger partial charge in [-0.15, -0.1) is 0 Å². The van der Waals surface area contributed by atoms with Gasteiger partial charge in [-0.05, 0) is 34.1 Å². The van der Waals surface area contributed by atoms with Gasteiger partial charge in [0.1, 0.15) is 0 Å². The van der Waals surface area contributed by atoms with Crippen LogP contribution in [0.5, 0.6) is 0 Å². The third-order valence-corrected chi connectivity index (χ3v) is 3.06. The SMILES string of the molecule is C/N=C/C1=CC(\C(C)(C)C)=C/C=C(C(C)C)/C=C\1. The van der Waals surface area contributed by atoms with Crippen molar-refractivity contribution in [2.24, 2.45) is 16.3 Å². The predicted octanol–water partition coefficient (Wildman–Crippen LogP) is 4.74. The summed E-state index contributed by atoms with van der Waals surface area (Å²) in [4.78, 5) is 4.13. The lowest BCUT2D eigenvalue weighted by Crippen LogP contribution is -2.09. The maximum absolute atomic E-state index is 4.13. The molecule has 0 radical (unpaired) electrons. The third kappa shape index (κ3) is 4.14. The molecular weight excluding hydrogens is 218 g/mol. The van der Waals surface area contributed by atoms with E-state index in [4.69, 9.17) is 0 Å². The Balaban J connectivity index is 3.25. The Morgan fingerprint density at radius 3 is 2.28 bits per heavy atom. The first-order valence-corrected chi connectivity index (χ1v) is 6.59. The van der Waals surface area contributed by atoms with Crippen LogP contribution in [0.2, 0.25) is 0 Å². The molecule has 0 spiro atoms. The summed E-state index contributed by atoms with van der Waals surface area (Å²) in [5.41, 5.74) is 3.99. The first-order valence-electron chi connectivity index (χ1n) is 6.59. The van der Waals surface area contributed by atoms with Crippen LogP contribution < -0.4 is 0 Å². The molecule has 0 heterocycles. The van der Waals surface area contributed by atoms with E-state index >= 15 is 0 Å². The van der Waals surface area contributed by atoms with Crippen molar-refractivity contribution in [3.8, 4) is 0 Å². The highest BCUT2D eigenvalue weighted by atomic mass is 14.6. The topological polar surface area (TPSA) is 12.4 Å². The molecule has 18 heavy (non-hydrogen) atoms. The maximum Gasteiger partial charge on any atom is 0.0281 e. The number of nitrogens with zero attached hydrogens (tertiary/aromatic N) is 1. The van der Waals surface area contributed by atoms with Crippen LogP contribution in [0.25, 0.3) is 0 Å². The Kier molecular flexibility index (Phi) is 4.89. The van der Waals surface area contributed by atoms with E-state index in [-0.39, 0.29) is 5.41 Å². The van der Waals surface area contributed by atoms with Crippen LogP contribution in [0, 0.1) is 11.3 Å². The quantitative estimate of drug-likeness (QED) is 0.621. The van der Waals surface area contributed by atoms with Gasteiger partial charge in [-0.25, -0.2) is 0 Å². The summed E-state index contributed by atoms with van der Waals surface area (Å²) < 4.78 is 0. The van der Waals surface area contributed by atoms with Crippen molar-refractivity contribution < 1.29 is 0 Å². The zero-order chi connectivity index (χ0) is 13.8. The maximum atomic E-state index is 4.13. The molecule has 1 aliphatic carbocycles. The van der Waals surface area contributed by atoms with Gasteiger partial charge in [0.15, 0.2) is 0 Å². The molecule has 98 valence electrons. The minimum atomic E-state index is 0.149. The lowest BCUT2D eigenvalue weighted by Gasteiger charge is -2.21. The van der Waals surface area contributed by atoms with Crippen LogP contribution in [0.1, 0.15) is 34.6 Å². The molecule has 0 unspecified atom stereocenters. The largest absolute Gasteiger partial charge is 0.296 e. The fourth-order valence-corrected chi connectivity index (χ4v) is 1.79. The average molecular weight is 243 g/mol. The van der Waals surface area contributed by atoms with Crippen molar-refractivity contribution in [3.05, 3.63) is 47.1 Å². The summed E-state index contributed by atoms with van der Waals surface area (Å²) in [6, 6.07) is 0. The fraction of sp³-hybridized carbons (Fsp3) is 0.471. The standard InChI is InChI=1S/C17H25N/c1-13(2)15-8-7-14(12-18-6)11-16(10-9-15)17(3,4)5/h7-13H,1-6H3/b8-7-,10-9?,14-7?,14-11?,15-8?,15-9-,16-10+,16-11?,18-12+. The Bertz CT molecular complexity index is 435. The van der Waals surface area contributed by atoms with Crippen molar-refractivity contribution in [2.45, 2.75) is 34.6 Å². The van der Waals surface area contributed by atoms with E-state index in [1.165, 1.54) is 11.1 Å². The van der Waals surface area contributed by atoms with Gasteiger partial charge in [-0.1, -0.05) is 58.9 Å². The first-order chi connectivity index (χ1) is 8.34. The number of hydrogen-bond donors (Lipinski definition) is 0. The van der Waals surface area contributed by atoms with Crippen LogP contribution >= 0.6 is 0 Å². The minimum absolute atomic E-state index is 0.149. The molecule has 1 aliphatic rings. The van der Waals surface area contributed by atoms with Crippen LogP contribution in [0.4, 0.5) is 0 Å². The second-order valence-electron chi connectivity index (χ2n) is 6.06. The molecule has 1 nitrogen and oxygen atoms in total. The second-order valence-corrected chi connectivity index (χ2v) is 6.06. The van der Waals surface area contributed by atoms with Crippen LogP contribution in [0.3, 0.4) is 0 Å². The minimum Gasteiger partial charge on any atom is -0.296 e. The molecule has 0 bridgehead atoms. The van der Waals surface area contributed by atoms with Gasteiger partial charge in [0, 0.05) is 13.3 Å². The lowest BCUT2D eigenvalue weighted by atomic mass is 9.83. The van der Waals surface area contributed by atoms with Gasteiger partial charge in [-0.2, -0.15) is 0 Å². The summed E-state index contributed by atoms with van der Waals surface area (Å²) in [6.45, 7) is 11.2. The van der Waals surface area contributed by atoms with E-state index in [1.54, 1.807) is 0 Å². The van der Waals surface area contributed by atoms with E-state index in [9.17, 15) is 0 Å². The Hall–Kier alpha value is -1.37. The zero-order valence-electron chi connectivity index (χ0n) is 12.5. The molecule has 0 saturated heterocycles. The van der Waals surface area contributed by atoms with Gasteiger partial charge < -0.3 is 0 Å². The van der Waals surface area contributed by atoms with Crippen molar-refractivity contribution in [1.29, 1.82) is 0 Å². The Labute approximate surface area is 112 Å². The number of hydrogen-bond acceptors (Lipinski definition) is 1. The summed E-state index contributed by atoms with van der Waals surface area (Å²) in [6.07, 6.45) is 12.9. The van der Waals surface area contributed by atoms with Gasteiger partial charge >= 0.3 is 0 Å². The molecule has 0 N–H and O–H groups in total.